The van der Waals surface area contributed by atoms with Crippen LogP contribution >= 0.6 is 11.3 Å². The lowest BCUT2D eigenvalue weighted by Gasteiger charge is -2.13. The molecule has 0 N–H and O–H groups in total. The summed E-state index contributed by atoms with van der Waals surface area (Å²) in [5.41, 5.74) is 3.64. The average Bonchev–Trinajstić information content (AvgIpc) is 3.16. The maximum atomic E-state index is 13.0. The van der Waals surface area contributed by atoms with Crippen LogP contribution in [-0.4, -0.2) is 25.0 Å². The number of fused-ring (bicyclic) bond motifs is 1. The van der Waals surface area contributed by atoms with Crippen LogP contribution in [0.4, 0.5) is 0 Å². The van der Waals surface area contributed by atoms with Crippen molar-refractivity contribution in [3.05, 3.63) is 70.2 Å². The van der Waals surface area contributed by atoms with Crippen molar-refractivity contribution in [1.82, 2.24) is 4.98 Å². The molecule has 0 aliphatic heterocycles. The Labute approximate surface area is 162 Å². The van der Waals surface area contributed by atoms with Gasteiger partial charge in [-0.1, -0.05) is 30.3 Å². The zero-order valence-electron chi connectivity index (χ0n) is 15.2. The quantitative estimate of drug-likeness (QED) is 0.598. The van der Waals surface area contributed by atoms with Gasteiger partial charge in [0.25, 0.3) is 0 Å². The lowest BCUT2D eigenvalue weighted by atomic mass is 9.94. The van der Waals surface area contributed by atoms with Gasteiger partial charge >= 0.3 is 0 Å². The standard InChI is InChI=1S/C22H19NO3S/c1-25-17-11-14(12-18(13-17)26-2)10-16-8-9-19-21(20(16)24)27-22(23-19)15-6-4-3-5-7-15/h3-7,10-13H,8-9H2,1-2H3. The number of ketones is 1. The van der Waals surface area contributed by atoms with Gasteiger partial charge in [0.05, 0.1) is 24.8 Å². The van der Waals surface area contributed by atoms with Crippen molar-refractivity contribution < 1.29 is 14.3 Å². The Morgan fingerprint density at radius 3 is 2.37 bits per heavy atom. The maximum Gasteiger partial charge on any atom is 0.200 e. The van der Waals surface area contributed by atoms with Crippen molar-refractivity contribution in [1.29, 1.82) is 0 Å². The van der Waals surface area contributed by atoms with Crippen molar-refractivity contribution in [2.24, 2.45) is 0 Å². The van der Waals surface area contributed by atoms with E-state index in [0.29, 0.717) is 17.9 Å². The molecule has 0 spiro atoms. The predicted octanol–water partition coefficient (Wildman–Crippen LogP) is 5.04. The largest absolute Gasteiger partial charge is 0.497 e. The van der Waals surface area contributed by atoms with Crippen molar-refractivity contribution >= 4 is 23.2 Å². The third-order valence-electron chi connectivity index (χ3n) is 4.56. The van der Waals surface area contributed by atoms with Gasteiger partial charge in [-0.05, 0) is 36.6 Å². The molecule has 4 rings (SSSR count). The Balaban J connectivity index is 1.68. The van der Waals surface area contributed by atoms with E-state index in [-0.39, 0.29) is 5.78 Å². The van der Waals surface area contributed by atoms with E-state index < -0.39 is 0 Å². The number of rotatable bonds is 4. The smallest absolute Gasteiger partial charge is 0.200 e. The van der Waals surface area contributed by atoms with Crippen LogP contribution in [0.2, 0.25) is 0 Å². The summed E-state index contributed by atoms with van der Waals surface area (Å²) in [5, 5.41) is 0.901. The molecule has 0 radical (unpaired) electrons. The highest BCUT2D eigenvalue weighted by Gasteiger charge is 2.26. The maximum absolute atomic E-state index is 13.0. The molecule has 1 heterocycles. The second kappa shape index (κ2) is 7.37. The summed E-state index contributed by atoms with van der Waals surface area (Å²) in [4.78, 5) is 18.5. The monoisotopic (exact) mass is 377 g/mol. The number of aryl methyl sites for hydroxylation is 1. The normalized spacial score (nSPS) is 14.9. The number of ether oxygens (including phenoxy) is 2. The minimum Gasteiger partial charge on any atom is -0.497 e. The first kappa shape index (κ1) is 17.5. The van der Waals surface area contributed by atoms with Gasteiger partial charge in [0.1, 0.15) is 16.5 Å². The molecule has 2 aromatic carbocycles. The van der Waals surface area contributed by atoms with Crippen molar-refractivity contribution in [3.63, 3.8) is 0 Å². The molecule has 1 aliphatic rings. The highest BCUT2D eigenvalue weighted by molar-refractivity contribution is 7.17. The Hall–Kier alpha value is -2.92. The van der Waals surface area contributed by atoms with E-state index >= 15 is 0 Å². The van der Waals surface area contributed by atoms with E-state index in [4.69, 9.17) is 14.5 Å². The molecule has 0 saturated heterocycles. The number of allylic oxidation sites excluding steroid dienone is 1. The fraction of sp³-hybridized carbons (Fsp3) is 0.182. The van der Waals surface area contributed by atoms with Gasteiger partial charge in [-0.15, -0.1) is 11.3 Å². The van der Waals surface area contributed by atoms with Gasteiger partial charge in [0.2, 0.25) is 5.78 Å². The Kier molecular flexibility index (Phi) is 4.77. The number of aromatic nitrogens is 1. The highest BCUT2D eigenvalue weighted by atomic mass is 32.1. The lowest BCUT2D eigenvalue weighted by Crippen LogP contribution is -2.12. The topological polar surface area (TPSA) is 48.4 Å². The lowest BCUT2D eigenvalue weighted by molar-refractivity contribution is 0.103. The van der Waals surface area contributed by atoms with Crippen LogP contribution in [0.5, 0.6) is 11.5 Å². The van der Waals surface area contributed by atoms with Gasteiger partial charge in [0, 0.05) is 17.2 Å². The van der Waals surface area contributed by atoms with Crippen molar-refractivity contribution in [2.45, 2.75) is 12.8 Å². The first-order valence-electron chi connectivity index (χ1n) is 8.71. The van der Waals surface area contributed by atoms with E-state index in [1.807, 2.05) is 54.6 Å². The van der Waals surface area contributed by atoms with Crippen molar-refractivity contribution in [2.75, 3.05) is 14.2 Å². The number of hydrogen-bond acceptors (Lipinski definition) is 5. The summed E-state index contributed by atoms with van der Waals surface area (Å²) in [6.07, 6.45) is 3.39. The number of benzene rings is 2. The van der Waals surface area contributed by atoms with E-state index in [0.717, 1.165) is 38.7 Å². The number of methoxy groups -OCH3 is 2. The number of carbonyl (C=O) groups is 1. The average molecular weight is 377 g/mol. The Bertz CT molecular complexity index is 999. The van der Waals surface area contributed by atoms with Crippen LogP contribution in [0.25, 0.3) is 16.6 Å². The first-order valence-corrected chi connectivity index (χ1v) is 9.53. The summed E-state index contributed by atoms with van der Waals surface area (Å²) >= 11 is 1.48. The summed E-state index contributed by atoms with van der Waals surface area (Å²) < 4.78 is 10.6. The fourth-order valence-corrected chi connectivity index (χ4v) is 4.26. The van der Waals surface area contributed by atoms with E-state index in [2.05, 4.69) is 0 Å². The van der Waals surface area contributed by atoms with Crippen LogP contribution in [0.3, 0.4) is 0 Å². The van der Waals surface area contributed by atoms with E-state index in [1.165, 1.54) is 11.3 Å². The number of carbonyl (C=O) groups excluding carboxylic acids is 1. The van der Waals surface area contributed by atoms with Crippen LogP contribution in [0.15, 0.2) is 54.1 Å². The SMILES string of the molecule is COc1cc(C=C2CCc3nc(-c4ccccc4)sc3C2=O)cc(OC)c1. The molecule has 4 nitrogen and oxygen atoms in total. The molecule has 1 aromatic heterocycles. The summed E-state index contributed by atoms with van der Waals surface area (Å²) in [6, 6.07) is 15.6. The van der Waals surface area contributed by atoms with E-state index in [9.17, 15) is 4.79 Å². The minimum absolute atomic E-state index is 0.0673. The third-order valence-corrected chi connectivity index (χ3v) is 5.71. The van der Waals surface area contributed by atoms with Gasteiger partial charge in [-0.3, -0.25) is 4.79 Å². The zero-order chi connectivity index (χ0) is 18.8. The van der Waals surface area contributed by atoms with Gasteiger partial charge < -0.3 is 9.47 Å². The summed E-state index contributed by atoms with van der Waals surface area (Å²) in [6.45, 7) is 0. The number of hydrogen-bond donors (Lipinski definition) is 0. The molecule has 0 fully saturated rings. The predicted molar refractivity (Wildman–Crippen MR) is 108 cm³/mol. The van der Waals surface area contributed by atoms with Gasteiger partial charge in [-0.25, -0.2) is 4.98 Å². The molecule has 0 saturated carbocycles. The number of nitrogens with zero attached hydrogens (tertiary/aromatic N) is 1. The molecule has 5 heteroatoms. The summed E-state index contributed by atoms with van der Waals surface area (Å²) in [7, 11) is 3.23. The second-order valence-corrected chi connectivity index (χ2v) is 7.30. The first-order chi connectivity index (χ1) is 13.2. The zero-order valence-corrected chi connectivity index (χ0v) is 16.0. The highest BCUT2D eigenvalue weighted by Crippen LogP contribution is 2.35. The second-order valence-electron chi connectivity index (χ2n) is 6.31. The fourth-order valence-electron chi connectivity index (χ4n) is 3.17. The molecular weight excluding hydrogens is 358 g/mol. The molecule has 1 aliphatic carbocycles. The van der Waals surface area contributed by atoms with E-state index in [1.54, 1.807) is 14.2 Å². The van der Waals surface area contributed by atoms with Gasteiger partial charge in [0.15, 0.2) is 0 Å². The van der Waals surface area contributed by atoms with Crippen molar-refractivity contribution in [3.8, 4) is 22.1 Å². The van der Waals surface area contributed by atoms with Crippen LogP contribution < -0.4 is 9.47 Å². The third kappa shape index (κ3) is 3.51. The minimum atomic E-state index is 0.0673. The van der Waals surface area contributed by atoms with Gasteiger partial charge in [-0.2, -0.15) is 0 Å². The molecular formula is C22H19NO3S. The molecule has 0 bridgehead atoms. The van der Waals surface area contributed by atoms with Crippen LogP contribution in [0.1, 0.15) is 27.3 Å². The van der Waals surface area contributed by atoms with Crippen LogP contribution in [0, 0.1) is 0 Å². The Morgan fingerprint density at radius 2 is 1.70 bits per heavy atom. The molecule has 27 heavy (non-hydrogen) atoms. The number of Topliss-reactive ketones (excluding diaryl/α,β-unsaturated/α-hetero) is 1. The molecule has 3 aromatic rings. The van der Waals surface area contributed by atoms with Crippen LogP contribution in [-0.2, 0) is 6.42 Å². The summed E-state index contributed by atoms with van der Waals surface area (Å²) in [5.74, 6) is 1.47. The Morgan fingerprint density at radius 1 is 1.00 bits per heavy atom. The molecule has 136 valence electrons. The molecule has 0 unspecified atom stereocenters. The number of thiazole rings is 1. The molecule has 0 amide bonds. The molecule has 0 atom stereocenters.